The van der Waals surface area contributed by atoms with E-state index in [1.54, 1.807) is 37.5 Å². The fourth-order valence-electron chi connectivity index (χ4n) is 3.15. The number of methoxy groups -OCH3 is 1. The molecule has 1 saturated carbocycles. The monoisotopic (exact) mass is 417 g/mol. The molecule has 3 aromatic rings. The van der Waals surface area contributed by atoms with Crippen LogP contribution in [0.5, 0.6) is 5.75 Å². The molecule has 0 saturated heterocycles. The van der Waals surface area contributed by atoms with Crippen LogP contribution in [0.25, 0.3) is 0 Å². The first-order valence-electron chi connectivity index (χ1n) is 9.93. The lowest BCUT2D eigenvalue weighted by Crippen LogP contribution is -2.10. The van der Waals surface area contributed by atoms with Gasteiger partial charge in [0, 0.05) is 35.7 Å². The molecule has 3 aromatic heterocycles. The van der Waals surface area contributed by atoms with E-state index in [2.05, 4.69) is 30.8 Å². The van der Waals surface area contributed by atoms with E-state index >= 15 is 0 Å². The molecular formula is C22H23N7O2. The molecule has 3 N–H and O–H groups in total. The molecule has 31 heavy (non-hydrogen) atoms. The molecule has 158 valence electrons. The molecule has 0 unspecified atom stereocenters. The van der Waals surface area contributed by atoms with Crippen LogP contribution in [0.2, 0.25) is 0 Å². The second kappa shape index (κ2) is 8.47. The van der Waals surface area contributed by atoms with Crippen molar-refractivity contribution in [2.24, 2.45) is 5.92 Å². The van der Waals surface area contributed by atoms with Crippen LogP contribution in [0.15, 0.2) is 36.7 Å². The molecule has 3 heterocycles. The smallest absolute Gasteiger partial charge is 0.173 e. The van der Waals surface area contributed by atoms with Crippen LogP contribution in [0, 0.1) is 18.3 Å². The Balaban J connectivity index is 1.72. The van der Waals surface area contributed by atoms with Gasteiger partial charge in [-0.1, -0.05) is 0 Å². The third-order valence-corrected chi connectivity index (χ3v) is 4.94. The highest BCUT2D eigenvalue weighted by molar-refractivity contribution is 6.05. The average Bonchev–Trinajstić information content (AvgIpc) is 3.60. The van der Waals surface area contributed by atoms with Gasteiger partial charge in [-0.3, -0.25) is 4.79 Å². The lowest BCUT2D eigenvalue weighted by atomic mass is 10.1. The molecule has 0 amide bonds. The minimum absolute atomic E-state index is 0.0362. The summed E-state index contributed by atoms with van der Waals surface area (Å²) in [6.07, 6.45) is 4.94. The zero-order valence-corrected chi connectivity index (χ0v) is 17.6. The first kappa shape index (κ1) is 20.4. The van der Waals surface area contributed by atoms with E-state index in [1.807, 2.05) is 13.0 Å². The molecule has 0 radical (unpaired) electrons. The van der Waals surface area contributed by atoms with Crippen molar-refractivity contribution in [1.29, 1.82) is 5.41 Å². The fourth-order valence-corrected chi connectivity index (χ4v) is 3.15. The Morgan fingerprint density at radius 2 is 1.90 bits per heavy atom. The number of anilines is 4. The summed E-state index contributed by atoms with van der Waals surface area (Å²) in [6, 6.07) is 7.11. The van der Waals surface area contributed by atoms with Crippen molar-refractivity contribution in [1.82, 2.24) is 20.2 Å². The Kier molecular flexibility index (Phi) is 5.57. The largest absolute Gasteiger partial charge is 0.492 e. The zero-order valence-electron chi connectivity index (χ0n) is 17.6. The van der Waals surface area contributed by atoms with Crippen molar-refractivity contribution in [2.45, 2.75) is 26.7 Å². The van der Waals surface area contributed by atoms with E-state index in [1.165, 1.54) is 7.11 Å². The highest BCUT2D eigenvalue weighted by atomic mass is 16.5. The number of nitrogens with one attached hydrogen (secondary N) is 3. The molecule has 9 nitrogen and oxygen atoms in total. The SMILES string of the molecule is COc1c(C(C)=N)ccnc1Nc1cc(Nc2ccc(C)nn2)ncc1C(=O)C1CC1. The van der Waals surface area contributed by atoms with Gasteiger partial charge >= 0.3 is 0 Å². The lowest BCUT2D eigenvalue weighted by molar-refractivity contribution is 0.0968. The number of hydrogen-bond acceptors (Lipinski definition) is 9. The van der Waals surface area contributed by atoms with Crippen LogP contribution in [-0.4, -0.2) is 38.8 Å². The zero-order chi connectivity index (χ0) is 22.0. The number of aryl methyl sites for hydroxylation is 1. The molecule has 1 fully saturated rings. The quantitative estimate of drug-likeness (QED) is 0.370. The number of pyridine rings is 2. The summed E-state index contributed by atoms with van der Waals surface area (Å²) < 4.78 is 5.51. The Hall–Kier alpha value is -3.88. The maximum atomic E-state index is 12.8. The van der Waals surface area contributed by atoms with Gasteiger partial charge in [0.1, 0.15) is 5.82 Å². The van der Waals surface area contributed by atoms with Gasteiger partial charge in [0.2, 0.25) is 0 Å². The van der Waals surface area contributed by atoms with Gasteiger partial charge in [0.25, 0.3) is 0 Å². The molecule has 0 aromatic carbocycles. The van der Waals surface area contributed by atoms with Gasteiger partial charge in [0.05, 0.1) is 24.1 Å². The van der Waals surface area contributed by atoms with Crippen LogP contribution in [0.4, 0.5) is 23.1 Å². The van der Waals surface area contributed by atoms with Crippen molar-refractivity contribution in [3.05, 3.63) is 53.5 Å². The number of rotatable bonds is 8. The van der Waals surface area contributed by atoms with Crippen molar-refractivity contribution in [2.75, 3.05) is 17.7 Å². The number of carbonyl (C=O) groups is 1. The van der Waals surface area contributed by atoms with Crippen LogP contribution in [0.1, 0.15) is 41.4 Å². The molecule has 0 atom stereocenters. The minimum Gasteiger partial charge on any atom is -0.492 e. The van der Waals surface area contributed by atoms with Gasteiger partial charge in [-0.15, -0.1) is 5.10 Å². The lowest BCUT2D eigenvalue weighted by Gasteiger charge is -2.16. The highest BCUT2D eigenvalue weighted by Crippen LogP contribution is 2.37. The van der Waals surface area contributed by atoms with Gasteiger partial charge < -0.3 is 20.8 Å². The minimum atomic E-state index is 0.0362. The van der Waals surface area contributed by atoms with Crippen molar-refractivity contribution in [3.63, 3.8) is 0 Å². The summed E-state index contributed by atoms with van der Waals surface area (Å²) in [5, 5.41) is 22.4. The molecular weight excluding hydrogens is 394 g/mol. The van der Waals surface area contributed by atoms with E-state index in [0.717, 1.165) is 18.5 Å². The topological polar surface area (TPSA) is 126 Å². The number of ketones is 1. The first-order chi connectivity index (χ1) is 15.0. The predicted octanol–water partition coefficient (Wildman–Crippen LogP) is 4.05. The first-order valence-corrected chi connectivity index (χ1v) is 9.93. The molecule has 0 aliphatic heterocycles. The Labute approximate surface area is 179 Å². The van der Waals surface area contributed by atoms with Gasteiger partial charge in [0.15, 0.2) is 23.2 Å². The number of hydrogen-bond donors (Lipinski definition) is 3. The molecule has 0 bridgehead atoms. The van der Waals surface area contributed by atoms with E-state index in [0.29, 0.717) is 45.7 Å². The number of Topliss-reactive ketones (excluding diaryl/α,β-unsaturated/α-hetero) is 1. The van der Waals surface area contributed by atoms with Crippen molar-refractivity contribution >= 4 is 34.6 Å². The summed E-state index contributed by atoms with van der Waals surface area (Å²) in [6.45, 7) is 3.54. The normalized spacial score (nSPS) is 12.9. The second-order valence-electron chi connectivity index (χ2n) is 7.43. The van der Waals surface area contributed by atoms with Crippen molar-refractivity contribution < 1.29 is 9.53 Å². The summed E-state index contributed by atoms with van der Waals surface area (Å²) in [7, 11) is 1.53. The molecule has 4 rings (SSSR count). The Bertz CT molecular complexity index is 1140. The average molecular weight is 417 g/mol. The van der Waals surface area contributed by atoms with Crippen LogP contribution in [0.3, 0.4) is 0 Å². The molecule has 9 heteroatoms. The summed E-state index contributed by atoms with van der Waals surface area (Å²) in [5.41, 5.74) is 2.83. The number of carbonyl (C=O) groups excluding carboxylic acids is 1. The highest BCUT2D eigenvalue weighted by Gasteiger charge is 2.32. The number of nitrogens with zero attached hydrogens (tertiary/aromatic N) is 4. The molecule has 1 aliphatic carbocycles. The van der Waals surface area contributed by atoms with Crippen molar-refractivity contribution in [3.8, 4) is 5.75 Å². The molecule has 0 spiro atoms. The Morgan fingerprint density at radius 1 is 1.10 bits per heavy atom. The van der Waals surface area contributed by atoms with E-state index < -0.39 is 0 Å². The van der Waals surface area contributed by atoms with Crippen LogP contribution in [-0.2, 0) is 0 Å². The summed E-state index contributed by atoms with van der Waals surface area (Å²) in [4.78, 5) is 21.6. The third kappa shape index (κ3) is 4.50. The standard InChI is InChI=1S/C22H23N7O2/c1-12-4-7-18(29-28-12)27-19-10-17(16(11-25-19)20(30)14-5-6-14)26-22-21(31-3)15(13(2)23)8-9-24-22/h4,7-11,14,23H,5-6H2,1-3H3,(H2,24,25,26,27,29). The number of ether oxygens (including phenoxy) is 1. The van der Waals surface area contributed by atoms with Gasteiger partial charge in [-0.2, -0.15) is 5.10 Å². The maximum absolute atomic E-state index is 12.8. The van der Waals surface area contributed by atoms with Crippen LogP contribution >= 0.6 is 0 Å². The van der Waals surface area contributed by atoms with Gasteiger partial charge in [-0.25, -0.2) is 9.97 Å². The van der Waals surface area contributed by atoms with E-state index in [4.69, 9.17) is 10.1 Å². The maximum Gasteiger partial charge on any atom is 0.173 e. The predicted molar refractivity (Wildman–Crippen MR) is 118 cm³/mol. The Morgan fingerprint density at radius 3 is 2.55 bits per heavy atom. The summed E-state index contributed by atoms with van der Waals surface area (Å²) >= 11 is 0. The number of aromatic nitrogens is 4. The third-order valence-electron chi connectivity index (χ3n) is 4.94. The van der Waals surface area contributed by atoms with E-state index in [9.17, 15) is 4.79 Å². The van der Waals surface area contributed by atoms with Crippen LogP contribution < -0.4 is 15.4 Å². The summed E-state index contributed by atoms with van der Waals surface area (Å²) in [5.74, 6) is 2.00. The fraction of sp³-hybridized carbons (Fsp3) is 0.273. The van der Waals surface area contributed by atoms with Gasteiger partial charge in [-0.05, 0) is 44.9 Å². The van der Waals surface area contributed by atoms with E-state index in [-0.39, 0.29) is 11.7 Å². The molecule has 1 aliphatic rings. The second-order valence-corrected chi connectivity index (χ2v) is 7.43.